The SMILES string of the molecule is CC(Nc1n[nH]c(=O)c2ccc(N3CCOCC3)cc12)c1cc(N)cc(C(F)(F)F)c1. The zero-order valence-corrected chi connectivity index (χ0v) is 16.8. The molecule has 0 bridgehead atoms. The maximum absolute atomic E-state index is 13.2. The van der Waals surface area contributed by atoms with Gasteiger partial charge in [-0.2, -0.15) is 18.3 Å². The fourth-order valence-corrected chi connectivity index (χ4v) is 3.66. The van der Waals surface area contributed by atoms with Crippen LogP contribution in [0.15, 0.2) is 41.2 Å². The topological polar surface area (TPSA) is 96.3 Å². The van der Waals surface area contributed by atoms with Crippen LogP contribution in [0.3, 0.4) is 0 Å². The molecule has 0 radical (unpaired) electrons. The molecule has 0 amide bonds. The number of aromatic amines is 1. The van der Waals surface area contributed by atoms with Gasteiger partial charge in [-0.05, 0) is 48.9 Å². The fourth-order valence-electron chi connectivity index (χ4n) is 3.66. The number of nitrogens with one attached hydrogen (secondary N) is 2. The van der Waals surface area contributed by atoms with E-state index in [2.05, 4.69) is 20.4 Å². The van der Waals surface area contributed by atoms with Gasteiger partial charge in [-0.25, -0.2) is 5.10 Å². The van der Waals surface area contributed by atoms with Gasteiger partial charge in [0.05, 0.1) is 30.2 Å². The lowest BCUT2D eigenvalue weighted by Crippen LogP contribution is -2.36. The number of H-pyrrole nitrogens is 1. The van der Waals surface area contributed by atoms with E-state index in [1.807, 2.05) is 12.1 Å². The number of hydrogen-bond donors (Lipinski definition) is 3. The van der Waals surface area contributed by atoms with Crippen LogP contribution in [0.5, 0.6) is 0 Å². The van der Waals surface area contributed by atoms with Crippen molar-refractivity contribution in [2.75, 3.05) is 42.3 Å². The van der Waals surface area contributed by atoms with Crippen molar-refractivity contribution in [2.24, 2.45) is 0 Å². The second-order valence-corrected chi connectivity index (χ2v) is 7.48. The first-order chi connectivity index (χ1) is 14.7. The van der Waals surface area contributed by atoms with Gasteiger partial charge >= 0.3 is 6.18 Å². The van der Waals surface area contributed by atoms with E-state index in [1.165, 1.54) is 6.07 Å². The van der Waals surface area contributed by atoms with Crippen LogP contribution in [0.25, 0.3) is 10.8 Å². The van der Waals surface area contributed by atoms with Gasteiger partial charge in [0.25, 0.3) is 5.56 Å². The molecule has 1 fully saturated rings. The molecule has 4 N–H and O–H groups in total. The molecular weight excluding hydrogens is 411 g/mol. The largest absolute Gasteiger partial charge is 0.416 e. The molecule has 1 unspecified atom stereocenters. The first kappa shape index (κ1) is 21.0. The number of hydrogen-bond acceptors (Lipinski definition) is 6. The number of fused-ring (bicyclic) bond motifs is 1. The lowest BCUT2D eigenvalue weighted by atomic mass is 10.0. The highest BCUT2D eigenvalue weighted by Gasteiger charge is 2.31. The number of nitrogens with two attached hydrogens (primary N) is 1. The molecule has 4 rings (SSSR count). The summed E-state index contributed by atoms with van der Waals surface area (Å²) in [4.78, 5) is 14.4. The van der Waals surface area contributed by atoms with Crippen molar-refractivity contribution in [2.45, 2.75) is 19.1 Å². The van der Waals surface area contributed by atoms with Crippen molar-refractivity contribution in [3.63, 3.8) is 0 Å². The van der Waals surface area contributed by atoms with Crippen LogP contribution in [0.2, 0.25) is 0 Å². The zero-order valence-electron chi connectivity index (χ0n) is 16.8. The van der Waals surface area contributed by atoms with E-state index in [0.29, 0.717) is 35.4 Å². The summed E-state index contributed by atoms with van der Waals surface area (Å²) in [6, 6.07) is 8.35. The Morgan fingerprint density at radius 1 is 1.16 bits per heavy atom. The number of nitrogen functional groups attached to an aromatic ring is 1. The van der Waals surface area contributed by atoms with Crippen molar-refractivity contribution in [1.29, 1.82) is 0 Å². The molecule has 1 aliphatic rings. The maximum Gasteiger partial charge on any atom is 0.416 e. The minimum atomic E-state index is -4.50. The summed E-state index contributed by atoms with van der Waals surface area (Å²) in [7, 11) is 0. The van der Waals surface area contributed by atoms with Gasteiger partial charge in [-0.15, -0.1) is 0 Å². The Hall–Kier alpha value is -3.27. The average Bonchev–Trinajstić information content (AvgIpc) is 2.75. The number of aromatic nitrogens is 2. The Morgan fingerprint density at radius 3 is 2.61 bits per heavy atom. The summed E-state index contributed by atoms with van der Waals surface area (Å²) >= 11 is 0. The second-order valence-electron chi connectivity index (χ2n) is 7.48. The van der Waals surface area contributed by atoms with Gasteiger partial charge in [-0.1, -0.05) is 0 Å². The number of morpholine rings is 1. The second kappa shape index (κ2) is 8.10. The molecule has 0 saturated carbocycles. The van der Waals surface area contributed by atoms with Crippen molar-refractivity contribution < 1.29 is 17.9 Å². The highest BCUT2D eigenvalue weighted by Crippen LogP contribution is 2.34. The van der Waals surface area contributed by atoms with E-state index in [1.54, 1.807) is 13.0 Å². The Morgan fingerprint density at radius 2 is 1.90 bits per heavy atom. The van der Waals surface area contributed by atoms with Crippen LogP contribution < -0.4 is 21.5 Å². The minimum absolute atomic E-state index is 0.0207. The van der Waals surface area contributed by atoms with Crippen LogP contribution in [0.4, 0.5) is 30.4 Å². The monoisotopic (exact) mass is 433 g/mol. The Kier molecular flexibility index (Phi) is 5.48. The lowest BCUT2D eigenvalue weighted by Gasteiger charge is -2.29. The summed E-state index contributed by atoms with van der Waals surface area (Å²) < 4.78 is 44.9. The van der Waals surface area contributed by atoms with Crippen LogP contribution in [-0.4, -0.2) is 36.5 Å². The van der Waals surface area contributed by atoms with Gasteiger partial charge in [0, 0.05) is 29.9 Å². The zero-order chi connectivity index (χ0) is 22.2. The van der Waals surface area contributed by atoms with Crippen LogP contribution >= 0.6 is 0 Å². The predicted molar refractivity (Wildman–Crippen MR) is 113 cm³/mol. The van der Waals surface area contributed by atoms with Gasteiger partial charge in [0.15, 0.2) is 5.82 Å². The Labute approximate surface area is 176 Å². The maximum atomic E-state index is 13.2. The third kappa shape index (κ3) is 4.43. The number of ether oxygens (including phenoxy) is 1. The number of alkyl halides is 3. The van der Waals surface area contributed by atoms with E-state index < -0.39 is 17.8 Å². The smallest absolute Gasteiger partial charge is 0.399 e. The molecule has 1 aliphatic heterocycles. The van der Waals surface area contributed by atoms with Crippen molar-refractivity contribution in [1.82, 2.24) is 10.2 Å². The van der Waals surface area contributed by atoms with Gasteiger partial charge in [0.1, 0.15) is 0 Å². The average molecular weight is 433 g/mol. The molecule has 10 heteroatoms. The first-order valence-electron chi connectivity index (χ1n) is 9.82. The number of anilines is 3. The van der Waals surface area contributed by atoms with E-state index >= 15 is 0 Å². The van der Waals surface area contributed by atoms with Crippen molar-refractivity contribution in [3.8, 4) is 0 Å². The third-order valence-electron chi connectivity index (χ3n) is 5.31. The first-order valence-corrected chi connectivity index (χ1v) is 9.82. The molecule has 2 heterocycles. The van der Waals surface area contributed by atoms with E-state index in [4.69, 9.17) is 10.5 Å². The van der Waals surface area contributed by atoms with E-state index in [-0.39, 0.29) is 11.2 Å². The molecule has 31 heavy (non-hydrogen) atoms. The number of rotatable bonds is 4. The summed E-state index contributed by atoms with van der Waals surface area (Å²) in [6.45, 7) is 4.39. The normalized spacial score (nSPS) is 15.8. The molecule has 0 spiro atoms. The van der Waals surface area contributed by atoms with E-state index in [9.17, 15) is 18.0 Å². The Balaban J connectivity index is 1.70. The summed E-state index contributed by atoms with van der Waals surface area (Å²) in [5.74, 6) is 0.369. The number of benzene rings is 2. The van der Waals surface area contributed by atoms with Gasteiger partial charge in [0.2, 0.25) is 0 Å². The predicted octanol–water partition coefficient (Wildman–Crippen LogP) is 3.53. The molecule has 7 nitrogen and oxygen atoms in total. The quantitative estimate of drug-likeness (QED) is 0.545. The van der Waals surface area contributed by atoms with Gasteiger partial charge < -0.3 is 20.7 Å². The lowest BCUT2D eigenvalue weighted by molar-refractivity contribution is -0.137. The van der Waals surface area contributed by atoms with Crippen LogP contribution in [0, 0.1) is 0 Å². The van der Waals surface area contributed by atoms with Crippen molar-refractivity contribution in [3.05, 3.63) is 57.9 Å². The molecule has 2 aromatic carbocycles. The molecule has 1 atom stereocenters. The molecular formula is C21H22F3N5O2. The molecule has 0 aliphatic carbocycles. The van der Waals surface area contributed by atoms with E-state index in [0.717, 1.165) is 30.9 Å². The van der Waals surface area contributed by atoms with Crippen LogP contribution in [0.1, 0.15) is 24.1 Å². The molecule has 164 valence electrons. The third-order valence-corrected chi connectivity index (χ3v) is 5.31. The van der Waals surface area contributed by atoms with Crippen molar-refractivity contribution >= 4 is 28.0 Å². The summed E-state index contributed by atoms with van der Waals surface area (Å²) in [5, 5.41) is 10.7. The highest BCUT2D eigenvalue weighted by atomic mass is 19.4. The standard InChI is InChI=1S/C21H22F3N5O2/c1-12(13-8-14(21(22,23)24)10-15(25)9-13)26-19-18-11-16(29-4-6-31-7-5-29)2-3-17(18)20(30)28-27-19/h2-3,8-12H,4-7,25H2,1H3,(H,26,27)(H,28,30). The fraction of sp³-hybridized carbons (Fsp3) is 0.333. The molecule has 3 aromatic rings. The highest BCUT2D eigenvalue weighted by molar-refractivity contribution is 5.93. The molecule has 1 saturated heterocycles. The minimum Gasteiger partial charge on any atom is -0.399 e. The molecule has 1 aromatic heterocycles. The summed E-state index contributed by atoms with van der Waals surface area (Å²) in [5.41, 5.74) is 5.83. The number of nitrogens with zero attached hydrogens (tertiary/aromatic N) is 2. The summed E-state index contributed by atoms with van der Waals surface area (Å²) in [6.07, 6.45) is -4.50. The number of halogens is 3. The van der Waals surface area contributed by atoms with Gasteiger partial charge in [-0.3, -0.25) is 4.79 Å². The van der Waals surface area contributed by atoms with Crippen LogP contribution in [-0.2, 0) is 10.9 Å². The Bertz CT molecular complexity index is 1160.